The summed E-state index contributed by atoms with van der Waals surface area (Å²) in [4.78, 5) is 11.6. The average molecular weight is 252 g/mol. The first-order valence-corrected chi connectivity index (χ1v) is 7.89. The Balaban J connectivity index is 1.82. The molecule has 2 rings (SSSR count). The van der Waals surface area contributed by atoms with Crippen molar-refractivity contribution in [3.63, 3.8) is 0 Å². The summed E-state index contributed by atoms with van der Waals surface area (Å²) < 4.78 is 0. The fraction of sp³-hybridized carbons (Fsp3) is 0.938. The molecule has 18 heavy (non-hydrogen) atoms. The molecule has 2 fully saturated rings. The lowest BCUT2D eigenvalue weighted by Crippen LogP contribution is -2.35. The summed E-state index contributed by atoms with van der Waals surface area (Å²) in [5, 5.41) is 9.58. The Kier molecular flexibility index (Phi) is 4.69. The third kappa shape index (κ3) is 3.49. The number of hydrogen-bond acceptors (Lipinski definition) is 1. The van der Waals surface area contributed by atoms with Crippen LogP contribution in [0.25, 0.3) is 0 Å². The number of unbranched alkanes of at least 4 members (excludes halogenated alkanes) is 1. The molecule has 0 heterocycles. The van der Waals surface area contributed by atoms with Gasteiger partial charge in [-0.2, -0.15) is 0 Å². The molecule has 0 atom stereocenters. The van der Waals surface area contributed by atoms with Gasteiger partial charge in [0.25, 0.3) is 0 Å². The van der Waals surface area contributed by atoms with Gasteiger partial charge in [-0.3, -0.25) is 4.79 Å². The van der Waals surface area contributed by atoms with Crippen LogP contribution < -0.4 is 0 Å². The van der Waals surface area contributed by atoms with Gasteiger partial charge in [0.1, 0.15) is 0 Å². The predicted molar refractivity (Wildman–Crippen MR) is 73.5 cm³/mol. The third-order valence-electron chi connectivity index (χ3n) is 5.21. The number of aliphatic carboxylic acids is 1. The van der Waals surface area contributed by atoms with Crippen LogP contribution in [0.15, 0.2) is 0 Å². The van der Waals surface area contributed by atoms with Gasteiger partial charge < -0.3 is 5.11 Å². The first-order chi connectivity index (χ1) is 8.66. The van der Waals surface area contributed by atoms with E-state index in [0.717, 1.165) is 50.4 Å². The Morgan fingerprint density at radius 2 is 1.72 bits per heavy atom. The van der Waals surface area contributed by atoms with E-state index in [1.807, 2.05) is 0 Å². The lowest BCUT2D eigenvalue weighted by Gasteiger charge is -2.37. The highest BCUT2D eigenvalue weighted by molar-refractivity contribution is 5.74. The molecule has 1 N–H and O–H groups in total. The number of rotatable bonds is 7. The predicted octanol–water partition coefficient (Wildman–Crippen LogP) is 4.63. The first-order valence-electron chi connectivity index (χ1n) is 7.89. The highest BCUT2D eigenvalue weighted by Crippen LogP contribution is 2.46. The second kappa shape index (κ2) is 6.08. The van der Waals surface area contributed by atoms with Gasteiger partial charge in [0.15, 0.2) is 0 Å². The van der Waals surface area contributed by atoms with Crippen LogP contribution in [0.5, 0.6) is 0 Å². The second-order valence-corrected chi connectivity index (χ2v) is 6.65. The topological polar surface area (TPSA) is 37.3 Å². The molecular weight excluding hydrogens is 224 g/mol. The van der Waals surface area contributed by atoms with E-state index in [1.165, 1.54) is 32.1 Å². The summed E-state index contributed by atoms with van der Waals surface area (Å²) in [6.07, 6.45) is 12.8. The minimum atomic E-state index is -0.517. The maximum atomic E-state index is 11.6. The lowest BCUT2D eigenvalue weighted by atomic mass is 9.67. The Hall–Kier alpha value is -0.530. The smallest absolute Gasteiger partial charge is 0.309 e. The number of carboxylic acid groups (broad SMARTS) is 1. The molecule has 0 aromatic heterocycles. The molecule has 0 aromatic rings. The molecule has 0 amide bonds. The van der Waals surface area contributed by atoms with Crippen molar-refractivity contribution in [1.29, 1.82) is 0 Å². The maximum Gasteiger partial charge on any atom is 0.309 e. The quantitative estimate of drug-likeness (QED) is 0.717. The number of carbonyl (C=O) groups is 1. The molecule has 2 nitrogen and oxygen atoms in total. The summed E-state index contributed by atoms with van der Waals surface area (Å²) in [6, 6.07) is 0. The monoisotopic (exact) mass is 252 g/mol. The van der Waals surface area contributed by atoms with Gasteiger partial charge in [-0.25, -0.2) is 0 Å². The van der Waals surface area contributed by atoms with Crippen molar-refractivity contribution in [2.24, 2.45) is 17.3 Å². The molecule has 0 radical (unpaired) electrons. The number of hydrogen-bond donors (Lipinski definition) is 1. The second-order valence-electron chi connectivity index (χ2n) is 6.65. The molecular formula is C16H28O2. The standard InChI is InChI=1S/C16H28O2/c1-2-3-4-13-7-10-16(11-8-13,15(17)18)12-9-14-5-6-14/h13-14H,2-12H2,1H3,(H,17,18). The van der Waals surface area contributed by atoms with Crippen LogP contribution in [0.4, 0.5) is 0 Å². The highest BCUT2D eigenvalue weighted by Gasteiger charge is 2.42. The van der Waals surface area contributed by atoms with E-state index < -0.39 is 5.97 Å². The first kappa shape index (κ1) is 13.9. The minimum absolute atomic E-state index is 0.356. The maximum absolute atomic E-state index is 11.6. The van der Waals surface area contributed by atoms with Gasteiger partial charge in [0, 0.05) is 0 Å². The van der Waals surface area contributed by atoms with Gasteiger partial charge in [0.2, 0.25) is 0 Å². The average Bonchev–Trinajstić information content (AvgIpc) is 3.19. The lowest BCUT2D eigenvalue weighted by molar-refractivity contribution is -0.152. The summed E-state index contributed by atoms with van der Waals surface area (Å²) in [5.74, 6) is 1.15. The van der Waals surface area contributed by atoms with Crippen molar-refractivity contribution in [2.45, 2.75) is 77.6 Å². The molecule has 104 valence electrons. The van der Waals surface area contributed by atoms with E-state index in [4.69, 9.17) is 0 Å². The van der Waals surface area contributed by atoms with Crippen LogP contribution in [0.2, 0.25) is 0 Å². The Bertz CT molecular complexity index is 273. The summed E-state index contributed by atoms with van der Waals surface area (Å²) >= 11 is 0. The number of carboxylic acids is 1. The third-order valence-corrected chi connectivity index (χ3v) is 5.21. The minimum Gasteiger partial charge on any atom is -0.481 e. The van der Waals surface area contributed by atoms with Crippen molar-refractivity contribution in [1.82, 2.24) is 0 Å². The van der Waals surface area contributed by atoms with Crippen molar-refractivity contribution in [3.05, 3.63) is 0 Å². The van der Waals surface area contributed by atoms with Crippen molar-refractivity contribution in [2.75, 3.05) is 0 Å². The van der Waals surface area contributed by atoms with Gasteiger partial charge >= 0.3 is 5.97 Å². The van der Waals surface area contributed by atoms with Crippen molar-refractivity contribution < 1.29 is 9.90 Å². The van der Waals surface area contributed by atoms with Crippen LogP contribution in [0.1, 0.15) is 77.6 Å². The largest absolute Gasteiger partial charge is 0.481 e. The van der Waals surface area contributed by atoms with Crippen LogP contribution in [0, 0.1) is 17.3 Å². The van der Waals surface area contributed by atoms with Gasteiger partial charge in [0.05, 0.1) is 5.41 Å². The SMILES string of the molecule is CCCCC1CCC(CCC2CC2)(C(=O)O)CC1. The fourth-order valence-corrected chi connectivity index (χ4v) is 3.47. The van der Waals surface area contributed by atoms with Crippen LogP contribution in [-0.4, -0.2) is 11.1 Å². The zero-order valence-electron chi connectivity index (χ0n) is 11.8. The molecule has 0 saturated heterocycles. The van der Waals surface area contributed by atoms with Gasteiger partial charge in [-0.05, 0) is 50.4 Å². The highest BCUT2D eigenvalue weighted by atomic mass is 16.4. The summed E-state index contributed by atoms with van der Waals surface area (Å²) in [5.41, 5.74) is -0.356. The molecule has 2 aliphatic carbocycles. The van der Waals surface area contributed by atoms with Crippen molar-refractivity contribution >= 4 is 5.97 Å². The fourth-order valence-electron chi connectivity index (χ4n) is 3.47. The van der Waals surface area contributed by atoms with E-state index in [1.54, 1.807) is 0 Å². The Morgan fingerprint density at radius 3 is 2.22 bits per heavy atom. The molecule has 2 heteroatoms. The Labute approximate surface area is 111 Å². The molecule has 0 bridgehead atoms. The zero-order valence-corrected chi connectivity index (χ0v) is 11.8. The summed E-state index contributed by atoms with van der Waals surface area (Å²) in [7, 11) is 0. The van der Waals surface area contributed by atoms with E-state index in [9.17, 15) is 9.90 Å². The van der Waals surface area contributed by atoms with E-state index in [2.05, 4.69) is 6.92 Å². The van der Waals surface area contributed by atoms with E-state index in [0.29, 0.717) is 0 Å². The molecule has 0 aromatic carbocycles. The van der Waals surface area contributed by atoms with E-state index in [-0.39, 0.29) is 5.41 Å². The normalized spacial score (nSPS) is 32.4. The molecule has 2 aliphatic rings. The Morgan fingerprint density at radius 1 is 1.11 bits per heavy atom. The molecule has 0 unspecified atom stereocenters. The van der Waals surface area contributed by atoms with Crippen LogP contribution >= 0.6 is 0 Å². The molecule has 0 spiro atoms. The van der Waals surface area contributed by atoms with Gasteiger partial charge in [-0.15, -0.1) is 0 Å². The van der Waals surface area contributed by atoms with E-state index >= 15 is 0 Å². The van der Waals surface area contributed by atoms with Crippen LogP contribution in [0.3, 0.4) is 0 Å². The summed E-state index contributed by atoms with van der Waals surface area (Å²) in [6.45, 7) is 2.24. The van der Waals surface area contributed by atoms with Crippen LogP contribution in [-0.2, 0) is 4.79 Å². The molecule has 2 saturated carbocycles. The van der Waals surface area contributed by atoms with Gasteiger partial charge in [-0.1, -0.05) is 39.0 Å². The zero-order chi connectivity index (χ0) is 13.0. The van der Waals surface area contributed by atoms with Crippen molar-refractivity contribution in [3.8, 4) is 0 Å². The molecule has 0 aliphatic heterocycles.